The second-order valence-electron chi connectivity index (χ2n) is 3.33. The van der Waals surface area contributed by atoms with Gasteiger partial charge in [0.15, 0.2) is 0 Å². The van der Waals surface area contributed by atoms with Crippen molar-refractivity contribution >= 4 is 15.5 Å². The van der Waals surface area contributed by atoms with Crippen molar-refractivity contribution in [1.82, 2.24) is 0 Å². The second kappa shape index (κ2) is 2.88. The van der Waals surface area contributed by atoms with Gasteiger partial charge in [0.2, 0.25) is 9.84 Å². The van der Waals surface area contributed by atoms with Gasteiger partial charge in [-0.25, -0.2) is 8.42 Å². The van der Waals surface area contributed by atoms with Crippen molar-refractivity contribution in [1.29, 1.82) is 0 Å². The number of sulfone groups is 1. The van der Waals surface area contributed by atoms with Gasteiger partial charge in [-0.1, -0.05) is 12.1 Å². The highest BCUT2D eigenvalue weighted by molar-refractivity contribution is 7.91. The van der Waals surface area contributed by atoms with Gasteiger partial charge >= 0.3 is 0 Å². The van der Waals surface area contributed by atoms with Gasteiger partial charge in [-0.05, 0) is 12.1 Å². The lowest BCUT2D eigenvalue weighted by Gasteiger charge is -2.17. The third kappa shape index (κ3) is 1.33. The average molecular weight is 213 g/mol. The molecule has 5 heteroatoms. The van der Waals surface area contributed by atoms with Gasteiger partial charge < -0.3 is 9.64 Å². The lowest BCUT2D eigenvalue weighted by atomic mass is 10.3. The highest BCUT2D eigenvalue weighted by Gasteiger charge is 2.35. The minimum atomic E-state index is -3.22. The zero-order chi connectivity index (χ0) is 10.3. The highest BCUT2D eigenvalue weighted by Crippen LogP contribution is 2.36. The van der Waals surface area contributed by atoms with Crippen LogP contribution >= 0.6 is 0 Å². The van der Waals surface area contributed by atoms with Crippen LogP contribution in [-0.4, -0.2) is 27.3 Å². The summed E-state index contributed by atoms with van der Waals surface area (Å²) in [6.07, 6.45) is 1.17. The number of fused-ring (bicyclic) bond motifs is 1. The Hall–Kier alpha value is -1.23. The molecule has 4 nitrogen and oxygen atoms in total. The lowest BCUT2D eigenvalue weighted by Crippen LogP contribution is -2.37. The van der Waals surface area contributed by atoms with Gasteiger partial charge in [-0.15, -0.1) is 0 Å². The van der Waals surface area contributed by atoms with E-state index >= 15 is 0 Å². The van der Waals surface area contributed by atoms with E-state index in [1.165, 1.54) is 6.26 Å². The largest absolute Gasteiger partial charge is 0.454 e. The lowest BCUT2D eigenvalue weighted by molar-refractivity contribution is 0.304. The van der Waals surface area contributed by atoms with Gasteiger partial charge in [-0.2, -0.15) is 0 Å². The number of hydrogen-bond donors (Lipinski definition) is 0. The van der Waals surface area contributed by atoms with Crippen LogP contribution in [0, 0.1) is 0 Å². The summed E-state index contributed by atoms with van der Waals surface area (Å²) in [7, 11) is -1.51. The highest BCUT2D eigenvalue weighted by atomic mass is 32.2. The molecule has 1 aromatic rings. The summed E-state index contributed by atoms with van der Waals surface area (Å²) in [5, 5.41) is 0. The Morgan fingerprint density at radius 3 is 2.57 bits per heavy atom. The number of para-hydroxylation sites is 2. The van der Waals surface area contributed by atoms with Crippen LogP contribution in [0.1, 0.15) is 0 Å². The Labute approximate surface area is 83.0 Å². The summed E-state index contributed by atoms with van der Waals surface area (Å²) in [6, 6.07) is 7.26. The molecular weight excluding hydrogens is 202 g/mol. The Balaban J connectivity index is 2.44. The predicted octanol–water partition coefficient (Wildman–Crippen LogP) is 0.843. The molecule has 0 saturated carbocycles. The van der Waals surface area contributed by atoms with Crippen LogP contribution in [0.2, 0.25) is 0 Å². The first kappa shape index (κ1) is 9.33. The fraction of sp³-hybridized carbons (Fsp3) is 0.333. The Bertz CT molecular complexity index is 455. The third-order valence-electron chi connectivity index (χ3n) is 2.16. The number of ether oxygens (including phenoxy) is 1. The topological polar surface area (TPSA) is 46.6 Å². The van der Waals surface area contributed by atoms with Crippen molar-refractivity contribution in [3.8, 4) is 5.75 Å². The van der Waals surface area contributed by atoms with Crippen LogP contribution in [0.4, 0.5) is 5.69 Å². The zero-order valence-corrected chi connectivity index (χ0v) is 8.78. The molecule has 1 aliphatic rings. The van der Waals surface area contributed by atoms with Crippen molar-refractivity contribution in [2.75, 3.05) is 18.2 Å². The SMILES string of the molecule is CN1c2ccccc2OC1S(C)(=O)=O. The van der Waals surface area contributed by atoms with Crippen molar-refractivity contribution in [3.63, 3.8) is 0 Å². The summed E-state index contributed by atoms with van der Waals surface area (Å²) >= 11 is 0. The zero-order valence-electron chi connectivity index (χ0n) is 7.97. The number of hydrogen-bond acceptors (Lipinski definition) is 4. The van der Waals surface area contributed by atoms with E-state index in [9.17, 15) is 8.42 Å². The van der Waals surface area contributed by atoms with E-state index in [-0.39, 0.29) is 0 Å². The predicted molar refractivity (Wildman–Crippen MR) is 54.1 cm³/mol. The molecule has 0 aromatic heterocycles. The molecule has 1 unspecified atom stereocenters. The first-order valence-corrected chi connectivity index (χ1v) is 6.13. The molecule has 0 amide bonds. The molecule has 0 aliphatic carbocycles. The molecule has 14 heavy (non-hydrogen) atoms. The molecular formula is C9H11NO3S. The fourth-order valence-electron chi connectivity index (χ4n) is 1.52. The maximum atomic E-state index is 11.3. The average Bonchev–Trinajstić information content (AvgIpc) is 2.44. The Morgan fingerprint density at radius 2 is 2.00 bits per heavy atom. The van der Waals surface area contributed by atoms with Crippen LogP contribution < -0.4 is 9.64 Å². The first-order valence-electron chi connectivity index (χ1n) is 4.17. The van der Waals surface area contributed by atoms with E-state index in [0.717, 1.165) is 5.69 Å². The van der Waals surface area contributed by atoms with Gasteiger partial charge in [-0.3, -0.25) is 0 Å². The first-order chi connectivity index (χ1) is 6.50. The molecule has 1 heterocycles. The molecule has 0 fully saturated rings. The summed E-state index contributed by atoms with van der Waals surface area (Å²) in [5.41, 5.74) is -0.0807. The van der Waals surface area contributed by atoms with Crippen LogP contribution in [0.3, 0.4) is 0 Å². The number of rotatable bonds is 1. The number of nitrogens with zero attached hydrogens (tertiary/aromatic N) is 1. The van der Waals surface area contributed by atoms with Gasteiger partial charge in [0.05, 0.1) is 5.69 Å². The van der Waals surface area contributed by atoms with E-state index in [2.05, 4.69) is 0 Å². The van der Waals surface area contributed by atoms with Gasteiger partial charge in [0, 0.05) is 13.3 Å². The fourth-order valence-corrected chi connectivity index (χ4v) is 2.49. The van der Waals surface area contributed by atoms with Gasteiger partial charge in [0.1, 0.15) is 5.75 Å². The van der Waals surface area contributed by atoms with E-state index in [4.69, 9.17) is 4.74 Å². The smallest absolute Gasteiger partial charge is 0.274 e. The Kier molecular flexibility index (Phi) is 1.92. The molecule has 1 atom stereocenters. The molecule has 0 N–H and O–H groups in total. The summed E-state index contributed by atoms with van der Waals surface area (Å²) < 4.78 is 28.0. The van der Waals surface area contributed by atoms with Crippen molar-refractivity contribution in [2.24, 2.45) is 0 Å². The standard InChI is InChI=1S/C9H11NO3S/c1-10-7-5-3-4-6-8(7)13-9(10)14(2,11)12/h3-6,9H,1-2H3. The molecule has 0 spiro atoms. The molecule has 1 aliphatic heterocycles. The quantitative estimate of drug-likeness (QED) is 0.693. The molecule has 0 radical (unpaired) electrons. The van der Waals surface area contributed by atoms with E-state index in [0.29, 0.717) is 5.75 Å². The molecule has 0 bridgehead atoms. The van der Waals surface area contributed by atoms with Crippen molar-refractivity contribution < 1.29 is 13.2 Å². The van der Waals surface area contributed by atoms with E-state index in [1.54, 1.807) is 18.0 Å². The van der Waals surface area contributed by atoms with Crippen LogP contribution in [0.15, 0.2) is 24.3 Å². The van der Waals surface area contributed by atoms with Crippen LogP contribution in [0.25, 0.3) is 0 Å². The number of anilines is 1. The van der Waals surface area contributed by atoms with Crippen molar-refractivity contribution in [2.45, 2.75) is 5.56 Å². The maximum absolute atomic E-state index is 11.3. The molecule has 2 rings (SSSR count). The van der Waals surface area contributed by atoms with E-state index < -0.39 is 15.4 Å². The summed E-state index contributed by atoms with van der Waals surface area (Å²) in [6.45, 7) is 0. The van der Waals surface area contributed by atoms with Gasteiger partial charge in [0.25, 0.3) is 5.56 Å². The second-order valence-corrected chi connectivity index (χ2v) is 5.40. The van der Waals surface area contributed by atoms with Crippen LogP contribution in [0.5, 0.6) is 5.75 Å². The monoisotopic (exact) mass is 213 g/mol. The minimum absolute atomic E-state index is 0.616. The maximum Gasteiger partial charge on any atom is 0.274 e. The number of benzene rings is 1. The summed E-state index contributed by atoms with van der Waals surface area (Å²) in [4.78, 5) is 1.62. The third-order valence-corrected chi connectivity index (χ3v) is 3.30. The normalized spacial score (nSPS) is 20.4. The molecule has 1 aromatic carbocycles. The molecule has 0 saturated heterocycles. The minimum Gasteiger partial charge on any atom is -0.454 e. The van der Waals surface area contributed by atoms with E-state index in [1.807, 2.05) is 18.2 Å². The summed E-state index contributed by atoms with van der Waals surface area (Å²) in [5.74, 6) is 0.616. The van der Waals surface area contributed by atoms with Crippen molar-refractivity contribution in [3.05, 3.63) is 24.3 Å². The molecule has 76 valence electrons. The van der Waals surface area contributed by atoms with Crippen LogP contribution in [-0.2, 0) is 9.84 Å². The Morgan fingerprint density at radius 1 is 1.36 bits per heavy atom.